The van der Waals surface area contributed by atoms with E-state index >= 15 is 0 Å². The van der Waals surface area contributed by atoms with Gasteiger partial charge in [-0.3, -0.25) is 0 Å². The Kier molecular flexibility index (Phi) is 3.12. The Labute approximate surface area is 79.6 Å². The molecule has 0 amide bonds. The van der Waals surface area contributed by atoms with Crippen molar-refractivity contribution in [1.29, 1.82) is 0 Å². The van der Waals surface area contributed by atoms with Gasteiger partial charge in [0.2, 0.25) is 0 Å². The number of rotatable bonds is 1. The third kappa shape index (κ3) is 1.62. The maximum atomic E-state index is 3.40. The van der Waals surface area contributed by atoms with Crippen LogP contribution in [-0.2, 0) is 0 Å². The van der Waals surface area contributed by atoms with Crippen LogP contribution in [0.5, 0.6) is 0 Å². The van der Waals surface area contributed by atoms with E-state index in [2.05, 4.69) is 36.5 Å². The molecule has 1 aromatic rings. The van der Waals surface area contributed by atoms with Crippen LogP contribution in [0.1, 0.15) is 23.6 Å². The second-order valence-electron chi connectivity index (χ2n) is 3.15. The monoisotopic (exact) mass is 183 g/mol. The lowest BCUT2D eigenvalue weighted by atomic mass is 9.94. The highest BCUT2D eigenvalue weighted by Crippen LogP contribution is 2.24. The molecule has 0 radical (unpaired) electrons. The summed E-state index contributed by atoms with van der Waals surface area (Å²) >= 11 is 0. The molecule has 0 spiro atoms. The molecule has 1 aliphatic rings. The molecule has 1 N–H and O–H groups in total. The van der Waals surface area contributed by atoms with Gasteiger partial charge in [0.25, 0.3) is 0 Å². The SMILES string of the molecule is Cc1ccccc1[C@@H]1CCN1.Cl. The summed E-state index contributed by atoms with van der Waals surface area (Å²) < 4.78 is 0. The van der Waals surface area contributed by atoms with Gasteiger partial charge < -0.3 is 5.32 Å². The van der Waals surface area contributed by atoms with E-state index in [1.54, 1.807) is 0 Å². The van der Waals surface area contributed by atoms with Gasteiger partial charge in [-0.25, -0.2) is 0 Å². The third-order valence-corrected chi connectivity index (χ3v) is 2.39. The van der Waals surface area contributed by atoms with Gasteiger partial charge in [0.05, 0.1) is 0 Å². The van der Waals surface area contributed by atoms with Crippen molar-refractivity contribution in [2.45, 2.75) is 19.4 Å². The summed E-state index contributed by atoms with van der Waals surface area (Å²) in [7, 11) is 0. The zero-order valence-corrected chi connectivity index (χ0v) is 8.03. The second-order valence-corrected chi connectivity index (χ2v) is 3.15. The lowest BCUT2D eigenvalue weighted by Gasteiger charge is -2.29. The van der Waals surface area contributed by atoms with Crippen LogP contribution in [0.3, 0.4) is 0 Å². The van der Waals surface area contributed by atoms with Crippen LogP contribution in [0.2, 0.25) is 0 Å². The van der Waals surface area contributed by atoms with E-state index in [9.17, 15) is 0 Å². The Morgan fingerprint density at radius 1 is 1.33 bits per heavy atom. The molecule has 0 bridgehead atoms. The summed E-state index contributed by atoms with van der Waals surface area (Å²) in [6.07, 6.45) is 1.30. The molecule has 1 nitrogen and oxygen atoms in total. The van der Waals surface area contributed by atoms with Crippen molar-refractivity contribution >= 4 is 12.4 Å². The fourth-order valence-corrected chi connectivity index (χ4v) is 1.53. The standard InChI is InChI=1S/C10H13N.ClH/c1-8-4-2-3-5-9(8)10-6-7-11-10;/h2-5,10-11H,6-7H2,1H3;1H/t10-;/m0./s1. The molecule has 1 fully saturated rings. The lowest BCUT2D eigenvalue weighted by Crippen LogP contribution is -2.35. The first kappa shape index (κ1) is 9.56. The molecule has 1 heterocycles. The molecule has 12 heavy (non-hydrogen) atoms. The summed E-state index contributed by atoms with van der Waals surface area (Å²) in [6, 6.07) is 9.23. The van der Waals surface area contributed by atoms with Gasteiger partial charge in [0, 0.05) is 6.04 Å². The summed E-state index contributed by atoms with van der Waals surface area (Å²) in [5.74, 6) is 0. The molecule has 2 heteroatoms. The van der Waals surface area contributed by atoms with Gasteiger partial charge in [-0.1, -0.05) is 24.3 Å². The Hall–Kier alpha value is -0.530. The second kappa shape index (κ2) is 3.92. The summed E-state index contributed by atoms with van der Waals surface area (Å²) in [5.41, 5.74) is 2.88. The van der Waals surface area contributed by atoms with Crippen molar-refractivity contribution in [2.24, 2.45) is 0 Å². The highest BCUT2D eigenvalue weighted by Gasteiger charge is 2.18. The van der Waals surface area contributed by atoms with Crippen LogP contribution in [0.4, 0.5) is 0 Å². The van der Waals surface area contributed by atoms with E-state index in [1.807, 2.05) is 0 Å². The van der Waals surface area contributed by atoms with Crippen LogP contribution in [0.15, 0.2) is 24.3 Å². The number of halogens is 1. The average molecular weight is 184 g/mol. The van der Waals surface area contributed by atoms with E-state index in [1.165, 1.54) is 24.1 Å². The van der Waals surface area contributed by atoms with Crippen LogP contribution < -0.4 is 5.32 Å². The number of hydrogen-bond acceptors (Lipinski definition) is 1. The minimum absolute atomic E-state index is 0. The Morgan fingerprint density at radius 2 is 2.00 bits per heavy atom. The van der Waals surface area contributed by atoms with Crippen LogP contribution in [0.25, 0.3) is 0 Å². The van der Waals surface area contributed by atoms with E-state index < -0.39 is 0 Å². The van der Waals surface area contributed by atoms with E-state index in [0.29, 0.717) is 6.04 Å². The van der Waals surface area contributed by atoms with Gasteiger partial charge in [-0.15, -0.1) is 12.4 Å². The Bertz CT molecular complexity index is 256. The van der Waals surface area contributed by atoms with Gasteiger partial charge >= 0.3 is 0 Å². The van der Waals surface area contributed by atoms with Crippen molar-refractivity contribution in [1.82, 2.24) is 5.32 Å². The minimum Gasteiger partial charge on any atom is -0.310 e. The lowest BCUT2D eigenvalue weighted by molar-refractivity contribution is 0.382. The van der Waals surface area contributed by atoms with E-state index in [-0.39, 0.29) is 12.4 Å². The summed E-state index contributed by atoms with van der Waals surface area (Å²) in [5, 5.41) is 3.40. The third-order valence-electron chi connectivity index (χ3n) is 2.39. The summed E-state index contributed by atoms with van der Waals surface area (Å²) in [6.45, 7) is 3.36. The first-order chi connectivity index (χ1) is 5.38. The minimum atomic E-state index is 0. The Balaban J connectivity index is 0.000000720. The molecule has 1 atom stereocenters. The fraction of sp³-hybridized carbons (Fsp3) is 0.400. The first-order valence-electron chi connectivity index (χ1n) is 4.17. The molecule has 66 valence electrons. The highest BCUT2D eigenvalue weighted by molar-refractivity contribution is 5.85. The van der Waals surface area contributed by atoms with Crippen LogP contribution in [0, 0.1) is 6.92 Å². The molecular weight excluding hydrogens is 170 g/mol. The molecule has 0 aliphatic carbocycles. The maximum Gasteiger partial charge on any atom is 0.0334 e. The summed E-state index contributed by atoms with van der Waals surface area (Å²) in [4.78, 5) is 0. The average Bonchev–Trinajstić information content (AvgIpc) is 1.90. The van der Waals surface area contributed by atoms with Crippen LogP contribution >= 0.6 is 12.4 Å². The van der Waals surface area contributed by atoms with Crippen molar-refractivity contribution in [3.8, 4) is 0 Å². The van der Waals surface area contributed by atoms with Gasteiger partial charge in [0.15, 0.2) is 0 Å². The number of nitrogens with one attached hydrogen (secondary N) is 1. The van der Waals surface area contributed by atoms with Gasteiger partial charge in [0.1, 0.15) is 0 Å². The topological polar surface area (TPSA) is 12.0 Å². The van der Waals surface area contributed by atoms with Gasteiger partial charge in [-0.2, -0.15) is 0 Å². The highest BCUT2D eigenvalue weighted by atomic mass is 35.5. The molecule has 0 aromatic heterocycles. The Morgan fingerprint density at radius 3 is 2.50 bits per heavy atom. The molecule has 0 unspecified atom stereocenters. The van der Waals surface area contributed by atoms with E-state index in [0.717, 1.165) is 0 Å². The zero-order chi connectivity index (χ0) is 7.68. The van der Waals surface area contributed by atoms with Crippen LogP contribution in [-0.4, -0.2) is 6.54 Å². The van der Waals surface area contributed by atoms with Crippen molar-refractivity contribution < 1.29 is 0 Å². The van der Waals surface area contributed by atoms with E-state index in [4.69, 9.17) is 0 Å². The molecule has 2 rings (SSSR count). The molecule has 1 aliphatic heterocycles. The normalized spacial score (nSPS) is 20.9. The molecule has 1 aromatic carbocycles. The quantitative estimate of drug-likeness (QED) is 0.706. The smallest absolute Gasteiger partial charge is 0.0334 e. The number of benzene rings is 1. The number of aryl methyl sites for hydroxylation is 1. The number of hydrogen-bond donors (Lipinski definition) is 1. The predicted molar refractivity (Wildman–Crippen MR) is 53.8 cm³/mol. The molecule has 0 saturated carbocycles. The largest absolute Gasteiger partial charge is 0.310 e. The fourth-order valence-electron chi connectivity index (χ4n) is 1.53. The first-order valence-corrected chi connectivity index (χ1v) is 4.17. The van der Waals surface area contributed by atoms with Crippen molar-refractivity contribution in [3.05, 3.63) is 35.4 Å². The molecule has 1 saturated heterocycles. The zero-order valence-electron chi connectivity index (χ0n) is 7.21. The van der Waals surface area contributed by atoms with Crippen molar-refractivity contribution in [3.63, 3.8) is 0 Å². The van der Waals surface area contributed by atoms with Crippen molar-refractivity contribution in [2.75, 3.05) is 6.54 Å². The molecular formula is C10H14ClN. The maximum absolute atomic E-state index is 3.40. The van der Waals surface area contributed by atoms with Gasteiger partial charge in [-0.05, 0) is 31.0 Å². The predicted octanol–water partition coefficient (Wildman–Crippen LogP) is 2.45.